The molecule has 0 radical (unpaired) electrons. The summed E-state index contributed by atoms with van der Waals surface area (Å²) in [6.45, 7) is 0. The summed E-state index contributed by atoms with van der Waals surface area (Å²) in [6, 6.07) is 0. The van der Waals surface area contributed by atoms with Crippen molar-refractivity contribution in [2.75, 3.05) is 0 Å². The molecular weight excluding hydrogens is 62.8 g/mol. The molecule has 0 aromatic carbocycles. The Morgan fingerprint density at radius 3 is 1.50 bits per heavy atom. The average Bonchev–Trinajstić information content (AvgIpc) is 0.811. The fourth-order valence-corrected chi connectivity index (χ4v) is 0. The second kappa shape index (κ2) is 1.23. The molecule has 0 amide bonds. The van der Waals surface area contributed by atoms with Crippen LogP contribution in [0.3, 0.4) is 0 Å². The highest BCUT2D eigenvalue weighted by atomic mass is 19.2. The zero-order valence-corrected chi connectivity index (χ0v) is 1.91. The average molecular weight is 64.8 g/mol. The second-order valence-electron chi connectivity index (χ2n) is 0.334. The molecule has 4 heteroatoms. The van der Waals surface area contributed by atoms with Crippen molar-refractivity contribution in [3.8, 4) is 0 Å². The van der Waals surface area contributed by atoms with Gasteiger partial charge < -0.3 is 5.64 Å². The molecule has 0 aromatic heterocycles. The van der Waals surface area contributed by atoms with Crippen molar-refractivity contribution in [1.82, 2.24) is 0 Å². The number of nitrogens with two attached hydrogens (primary N) is 1. The van der Waals surface area contributed by atoms with Crippen molar-refractivity contribution in [2.24, 2.45) is 5.64 Å². The van der Waals surface area contributed by atoms with Gasteiger partial charge >= 0.3 is 7.40 Å². The molecule has 0 saturated heterocycles. The predicted octanol–water partition coefficient (Wildman–Crippen LogP) is -0.131. The molecule has 0 aromatic rings. The lowest BCUT2D eigenvalue weighted by Gasteiger charge is -1.62. The maximum atomic E-state index is 10.1. The van der Waals surface area contributed by atoms with Gasteiger partial charge in [-0.3, -0.25) is 8.63 Å². The molecule has 0 atom stereocenters. The molecule has 2 N–H and O–H groups in total. The lowest BCUT2D eigenvalue weighted by atomic mass is 10.3. The summed E-state index contributed by atoms with van der Waals surface area (Å²) in [4.78, 5) is 0. The smallest absolute Gasteiger partial charge is 0.310 e. The van der Waals surface area contributed by atoms with Crippen molar-refractivity contribution in [2.45, 2.75) is 0 Å². The molecule has 0 unspecified atom stereocenters. The summed E-state index contributed by atoms with van der Waals surface area (Å²) in [6.07, 6.45) is 0. The van der Waals surface area contributed by atoms with Gasteiger partial charge in [-0.25, -0.2) is 0 Å². The van der Waals surface area contributed by atoms with Gasteiger partial charge in [0.25, 0.3) is 0 Å². The summed E-state index contributed by atoms with van der Waals surface area (Å²) in [5.41, 5.74) is 3.78. The summed E-state index contributed by atoms with van der Waals surface area (Å²) in [5, 5.41) is 0. The monoisotopic (exact) mass is 65.0 g/mol. The molecular formula is H2BF2N. The highest BCUT2D eigenvalue weighted by molar-refractivity contribution is 6.38. The van der Waals surface area contributed by atoms with Gasteiger partial charge in [0.05, 0.1) is 0 Å². The molecule has 24 valence electrons. The highest BCUT2D eigenvalue weighted by Gasteiger charge is 1.97. The number of halogens is 2. The van der Waals surface area contributed by atoms with Crippen LogP contribution in [0.4, 0.5) is 8.63 Å². The second-order valence-corrected chi connectivity index (χ2v) is 0.334. The van der Waals surface area contributed by atoms with E-state index in [2.05, 4.69) is 5.64 Å². The van der Waals surface area contributed by atoms with Crippen LogP contribution in [0.15, 0.2) is 0 Å². The Morgan fingerprint density at radius 1 is 1.50 bits per heavy atom. The van der Waals surface area contributed by atoms with E-state index in [4.69, 9.17) is 0 Å². The number of hydrogen-bond donors (Lipinski definition) is 1. The number of rotatable bonds is 0. The van der Waals surface area contributed by atoms with Crippen molar-refractivity contribution in [3.63, 3.8) is 0 Å². The van der Waals surface area contributed by atoms with Gasteiger partial charge in [-0.1, -0.05) is 0 Å². The lowest BCUT2D eigenvalue weighted by molar-refractivity contribution is 0.662. The fourth-order valence-electron chi connectivity index (χ4n) is 0. The largest absolute Gasteiger partial charge is 0.631 e. The van der Waals surface area contributed by atoms with E-state index in [0.717, 1.165) is 0 Å². The molecule has 4 heavy (non-hydrogen) atoms. The van der Waals surface area contributed by atoms with Crippen LogP contribution >= 0.6 is 0 Å². The van der Waals surface area contributed by atoms with Gasteiger partial charge in [-0.15, -0.1) is 0 Å². The van der Waals surface area contributed by atoms with Crippen LogP contribution in [0.25, 0.3) is 0 Å². The Kier molecular flexibility index (Phi) is 1.20. The van der Waals surface area contributed by atoms with Crippen molar-refractivity contribution < 1.29 is 8.63 Å². The first kappa shape index (κ1) is 3.88. The summed E-state index contributed by atoms with van der Waals surface area (Å²) < 4.78 is 20.2. The molecule has 0 heterocycles. The first-order chi connectivity index (χ1) is 1.73. The molecule has 0 bridgehead atoms. The molecule has 0 aliphatic heterocycles. The minimum atomic E-state index is -2.67. The third kappa shape index (κ3) is 111. The number of hydrogen-bond acceptors (Lipinski definition) is 1. The molecule has 0 fully saturated rings. The van der Waals surface area contributed by atoms with Crippen LogP contribution in [0, 0.1) is 0 Å². The van der Waals surface area contributed by atoms with Crippen LogP contribution in [-0.4, -0.2) is 7.40 Å². The maximum absolute atomic E-state index is 10.1. The van der Waals surface area contributed by atoms with Crippen LogP contribution < -0.4 is 5.64 Å². The minimum absolute atomic E-state index is 2.67. The van der Waals surface area contributed by atoms with Gasteiger partial charge in [0.15, 0.2) is 0 Å². The Labute approximate surface area is 23.0 Å². The Balaban J connectivity index is 2.32. The quantitative estimate of drug-likeness (QED) is 0.391. The highest BCUT2D eigenvalue weighted by Crippen LogP contribution is 1.64. The first-order valence-corrected chi connectivity index (χ1v) is 0.770. The Hall–Kier alpha value is -0.115. The maximum Gasteiger partial charge on any atom is 0.631 e. The molecule has 1 nitrogen and oxygen atoms in total. The van der Waals surface area contributed by atoms with E-state index in [1.807, 2.05) is 0 Å². The molecule has 0 aliphatic carbocycles. The first-order valence-electron chi connectivity index (χ1n) is 0.770. The fraction of sp³-hybridized carbons (Fsp3) is 0. The summed E-state index contributed by atoms with van der Waals surface area (Å²) >= 11 is 0. The minimum Gasteiger partial charge on any atom is -0.310 e. The van der Waals surface area contributed by atoms with E-state index in [1.165, 1.54) is 0 Å². The lowest BCUT2D eigenvalue weighted by Crippen LogP contribution is -2.10. The third-order valence-electron chi connectivity index (χ3n) is 0. The summed E-state index contributed by atoms with van der Waals surface area (Å²) in [5.74, 6) is 0. The molecule has 0 rings (SSSR count). The van der Waals surface area contributed by atoms with Gasteiger partial charge in [-0.2, -0.15) is 0 Å². The summed E-state index contributed by atoms with van der Waals surface area (Å²) in [7, 11) is -2.67. The zero-order chi connectivity index (χ0) is 3.58. The van der Waals surface area contributed by atoms with Gasteiger partial charge in [-0.05, 0) is 0 Å². The topological polar surface area (TPSA) is 26.0 Å². The molecule has 0 aliphatic rings. The van der Waals surface area contributed by atoms with E-state index in [0.29, 0.717) is 0 Å². The van der Waals surface area contributed by atoms with E-state index < -0.39 is 7.40 Å². The molecule has 0 saturated carbocycles. The van der Waals surface area contributed by atoms with Crippen LogP contribution in [0.2, 0.25) is 0 Å². The zero-order valence-electron chi connectivity index (χ0n) is 1.91. The van der Waals surface area contributed by atoms with E-state index >= 15 is 0 Å². The van der Waals surface area contributed by atoms with Gasteiger partial charge in [0, 0.05) is 0 Å². The van der Waals surface area contributed by atoms with Crippen molar-refractivity contribution >= 4 is 7.40 Å². The predicted molar refractivity (Wildman–Crippen MR) is 12.2 cm³/mol. The standard InChI is InChI=1S/BF2H2N/c2-1(3)4/h4H2. The van der Waals surface area contributed by atoms with Gasteiger partial charge in [0.2, 0.25) is 0 Å². The third-order valence-corrected chi connectivity index (χ3v) is 0. The van der Waals surface area contributed by atoms with Crippen LogP contribution in [0.5, 0.6) is 0 Å². The normalized spacial score (nSPS) is 6.75. The van der Waals surface area contributed by atoms with Crippen molar-refractivity contribution in [3.05, 3.63) is 0 Å². The Bertz CT molecular complexity index is 10.8. The van der Waals surface area contributed by atoms with Crippen LogP contribution in [-0.2, 0) is 0 Å². The molecule has 0 spiro atoms. The van der Waals surface area contributed by atoms with E-state index in [-0.39, 0.29) is 0 Å². The van der Waals surface area contributed by atoms with E-state index in [1.54, 1.807) is 0 Å². The Morgan fingerprint density at radius 2 is 1.50 bits per heavy atom. The van der Waals surface area contributed by atoms with Crippen LogP contribution in [0.1, 0.15) is 0 Å². The SMILES string of the molecule is NB(F)F. The van der Waals surface area contributed by atoms with Crippen molar-refractivity contribution in [1.29, 1.82) is 0 Å². The van der Waals surface area contributed by atoms with Gasteiger partial charge in [0.1, 0.15) is 0 Å². The van der Waals surface area contributed by atoms with E-state index in [9.17, 15) is 8.63 Å².